The Morgan fingerprint density at radius 2 is 1.96 bits per heavy atom. The summed E-state index contributed by atoms with van der Waals surface area (Å²) in [5.74, 6) is 0.321. The van der Waals surface area contributed by atoms with E-state index in [1.54, 1.807) is 22.8 Å². The third-order valence-electron chi connectivity index (χ3n) is 4.20. The zero-order chi connectivity index (χ0) is 19.6. The third-order valence-corrected chi connectivity index (χ3v) is 6.10. The highest BCUT2D eigenvalue weighted by Gasteiger charge is 2.27. The molecule has 0 spiro atoms. The number of aromatic nitrogens is 4. The Balaban J connectivity index is 1.40. The fraction of sp³-hybridized carbons (Fsp3) is 0.250. The standard InChI is InChI=1S/C16H18N8O3S/c25-16(21-20-15-19-14-5-1-2-10-24(14)22-15)18-13-11-12(6-7-17-13)28(26,27)23-8-3-4-9-23/h1-2,5-7,10-11H,3-4,8-9H2,(H,20,22)(H2,17,18,21,25). The summed E-state index contributed by atoms with van der Waals surface area (Å²) in [7, 11) is -3.58. The molecule has 0 aliphatic carbocycles. The molecule has 28 heavy (non-hydrogen) atoms. The number of fused-ring (bicyclic) bond motifs is 1. The van der Waals surface area contributed by atoms with Crippen molar-refractivity contribution in [3.8, 4) is 0 Å². The molecule has 0 saturated carbocycles. The lowest BCUT2D eigenvalue weighted by Crippen LogP contribution is -2.34. The van der Waals surface area contributed by atoms with Crippen molar-refractivity contribution in [2.45, 2.75) is 17.7 Å². The van der Waals surface area contributed by atoms with Crippen molar-refractivity contribution in [2.75, 3.05) is 23.8 Å². The number of pyridine rings is 2. The number of nitrogens with one attached hydrogen (secondary N) is 3. The van der Waals surface area contributed by atoms with Crippen LogP contribution < -0.4 is 16.2 Å². The number of carbonyl (C=O) groups is 1. The second-order valence-electron chi connectivity index (χ2n) is 6.13. The van der Waals surface area contributed by atoms with Crippen molar-refractivity contribution in [1.29, 1.82) is 0 Å². The Bertz CT molecular complexity index is 1070. The van der Waals surface area contributed by atoms with E-state index < -0.39 is 16.1 Å². The van der Waals surface area contributed by atoms with Gasteiger partial charge in [-0.15, -0.1) is 5.10 Å². The predicted molar refractivity (Wildman–Crippen MR) is 101 cm³/mol. The van der Waals surface area contributed by atoms with Gasteiger partial charge in [-0.25, -0.2) is 28.1 Å². The molecule has 12 heteroatoms. The summed E-state index contributed by atoms with van der Waals surface area (Å²) in [6.07, 6.45) is 4.76. The lowest BCUT2D eigenvalue weighted by Gasteiger charge is -2.15. The van der Waals surface area contributed by atoms with E-state index in [1.165, 1.54) is 22.6 Å². The number of amides is 2. The van der Waals surface area contributed by atoms with Crippen molar-refractivity contribution in [3.05, 3.63) is 42.7 Å². The highest BCUT2D eigenvalue weighted by molar-refractivity contribution is 7.89. The number of anilines is 2. The molecule has 146 valence electrons. The topological polar surface area (TPSA) is 134 Å². The summed E-state index contributed by atoms with van der Waals surface area (Å²) in [5, 5.41) is 6.61. The first kappa shape index (κ1) is 18.1. The van der Waals surface area contributed by atoms with Crippen LogP contribution in [0.25, 0.3) is 5.65 Å². The van der Waals surface area contributed by atoms with Gasteiger partial charge >= 0.3 is 6.03 Å². The molecular formula is C16H18N8O3S. The SMILES string of the molecule is O=C(NNc1nc2ccccn2n1)Nc1cc(S(=O)(=O)N2CCCC2)ccn1. The van der Waals surface area contributed by atoms with Gasteiger partial charge in [-0.05, 0) is 31.0 Å². The Morgan fingerprint density at radius 1 is 1.14 bits per heavy atom. The van der Waals surface area contributed by atoms with Crippen LogP contribution in [0.1, 0.15) is 12.8 Å². The van der Waals surface area contributed by atoms with Crippen LogP contribution in [0.5, 0.6) is 0 Å². The van der Waals surface area contributed by atoms with Crippen LogP contribution in [0.4, 0.5) is 16.6 Å². The maximum absolute atomic E-state index is 12.6. The second-order valence-corrected chi connectivity index (χ2v) is 8.07. The smallest absolute Gasteiger partial charge is 0.291 e. The molecule has 2 amide bonds. The lowest BCUT2D eigenvalue weighted by atomic mass is 10.4. The van der Waals surface area contributed by atoms with Crippen LogP contribution >= 0.6 is 0 Å². The zero-order valence-corrected chi connectivity index (χ0v) is 15.6. The summed E-state index contributed by atoms with van der Waals surface area (Å²) >= 11 is 0. The molecule has 3 aromatic heterocycles. The molecule has 0 bridgehead atoms. The fourth-order valence-corrected chi connectivity index (χ4v) is 4.39. The molecule has 1 aliphatic heterocycles. The molecule has 1 saturated heterocycles. The quantitative estimate of drug-likeness (QED) is 0.543. The minimum Gasteiger partial charge on any atom is -0.291 e. The largest absolute Gasteiger partial charge is 0.339 e. The van der Waals surface area contributed by atoms with E-state index in [9.17, 15) is 13.2 Å². The Kier molecular flexibility index (Phi) is 4.79. The third kappa shape index (κ3) is 3.73. The van der Waals surface area contributed by atoms with E-state index in [-0.39, 0.29) is 16.7 Å². The number of sulfonamides is 1. The maximum Gasteiger partial charge on any atom is 0.339 e. The average molecular weight is 402 g/mol. The van der Waals surface area contributed by atoms with Crippen LogP contribution in [0.3, 0.4) is 0 Å². The highest BCUT2D eigenvalue weighted by Crippen LogP contribution is 2.21. The van der Waals surface area contributed by atoms with Gasteiger partial charge in [-0.1, -0.05) is 6.07 Å². The van der Waals surface area contributed by atoms with Gasteiger partial charge in [-0.3, -0.25) is 10.7 Å². The number of hydrazine groups is 1. The summed E-state index contributed by atoms with van der Waals surface area (Å²) in [5.41, 5.74) is 5.59. The minimum atomic E-state index is -3.58. The predicted octanol–water partition coefficient (Wildman–Crippen LogP) is 1.06. The summed E-state index contributed by atoms with van der Waals surface area (Å²) in [6.45, 7) is 1.01. The van der Waals surface area contributed by atoms with Gasteiger partial charge in [0, 0.05) is 31.5 Å². The van der Waals surface area contributed by atoms with E-state index in [2.05, 4.69) is 31.2 Å². The Labute approximate surface area is 160 Å². The first-order valence-corrected chi connectivity index (χ1v) is 10.1. The van der Waals surface area contributed by atoms with Crippen molar-refractivity contribution >= 4 is 33.5 Å². The fourth-order valence-electron chi connectivity index (χ4n) is 2.86. The van der Waals surface area contributed by atoms with E-state index in [4.69, 9.17) is 0 Å². The van der Waals surface area contributed by atoms with Gasteiger partial charge in [0.25, 0.3) is 5.95 Å². The molecule has 4 rings (SSSR count). The van der Waals surface area contributed by atoms with Crippen molar-refractivity contribution < 1.29 is 13.2 Å². The van der Waals surface area contributed by atoms with Crippen LogP contribution in [-0.2, 0) is 10.0 Å². The van der Waals surface area contributed by atoms with Gasteiger partial charge in [-0.2, -0.15) is 9.29 Å². The van der Waals surface area contributed by atoms with Crippen LogP contribution in [0.2, 0.25) is 0 Å². The molecule has 1 fully saturated rings. The number of rotatable bonds is 5. The zero-order valence-electron chi connectivity index (χ0n) is 14.7. The molecule has 0 unspecified atom stereocenters. The number of carbonyl (C=O) groups excluding carboxylic acids is 1. The van der Waals surface area contributed by atoms with Gasteiger partial charge in [0.1, 0.15) is 5.82 Å². The minimum absolute atomic E-state index is 0.0923. The molecule has 0 radical (unpaired) electrons. The van der Waals surface area contributed by atoms with Crippen molar-refractivity contribution in [3.63, 3.8) is 0 Å². The van der Waals surface area contributed by atoms with E-state index in [0.717, 1.165) is 12.8 Å². The molecule has 3 N–H and O–H groups in total. The van der Waals surface area contributed by atoms with Crippen molar-refractivity contribution in [2.24, 2.45) is 0 Å². The molecule has 11 nitrogen and oxygen atoms in total. The molecule has 3 aromatic rings. The number of nitrogens with zero attached hydrogens (tertiary/aromatic N) is 5. The molecule has 4 heterocycles. The van der Waals surface area contributed by atoms with Crippen LogP contribution in [0, 0.1) is 0 Å². The highest BCUT2D eigenvalue weighted by atomic mass is 32.2. The average Bonchev–Trinajstić information content (AvgIpc) is 3.36. The van der Waals surface area contributed by atoms with Gasteiger partial charge < -0.3 is 0 Å². The maximum atomic E-state index is 12.6. The first-order valence-electron chi connectivity index (χ1n) is 8.63. The summed E-state index contributed by atoms with van der Waals surface area (Å²) < 4.78 is 28.2. The molecule has 0 atom stereocenters. The molecule has 0 aromatic carbocycles. The normalized spacial score (nSPS) is 14.9. The molecular weight excluding hydrogens is 384 g/mol. The lowest BCUT2D eigenvalue weighted by molar-refractivity contribution is 0.253. The van der Waals surface area contributed by atoms with Crippen LogP contribution in [-0.4, -0.2) is 51.4 Å². The summed E-state index contributed by atoms with van der Waals surface area (Å²) in [4.78, 5) is 20.3. The van der Waals surface area contributed by atoms with Gasteiger partial charge in [0.15, 0.2) is 5.65 Å². The summed E-state index contributed by atoms with van der Waals surface area (Å²) in [6, 6.07) is 7.51. The van der Waals surface area contributed by atoms with Gasteiger partial charge in [0.2, 0.25) is 10.0 Å². The van der Waals surface area contributed by atoms with Crippen molar-refractivity contribution in [1.82, 2.24) is 29.3 Å². The van der Waals surface area contributed by atoms with E-state index in [0.29, 0.717) is 18.7 Å². The van der Waals surface area contributed by atoms with Crippen LogP contribution in [0.15, 0.2) is 47.6 Å². The Morgan fingerprint density at radius 3 is 2.75 bits per heavy atom. The second kappa shape index (κ2) is 7.40. The van der Waals surface area contributed by atoms with E-state index in [1.807, 2.05) is 6.07 Å². The number of hydrogen-bond donors (Lipinski definition) is 3. The number of hydrogen-bond acceptors (Lipinski definition) is 7. The monoisotopic (exact) mass is 402 g/mol. The Hall–Kier alpha value is -3.25. The van der Waals surface area contributed by atoms with Gasteiger partial charge in [0.05, 0.1) is 4.90 Å². The molecule has 1 aliphatic rings. The van der Waals surface area contributed by atoms with E-state index >= 15 is 0 Å². The first-order chi connectivity index (χ1) is 13.5. The number of urea groups is 1.